The molecule has 0 aliphatic rings. The number of anilines is 1. The fraction of sp³-hybridized carbons (Fsp3) is 0.111. The van der Waals surface area contributed by atoms with Crippen LogP contribution in [0.1, 0.15) is 26.3 Å². The molecule has 0 unspecified atom stereocenters. The second-order valence-electron chi connectivity index (χ2n) is 7.62. The minimum Gasteiger partial charge on any atom is -0.504 e. The van der Waals surface area contributed by atoms with Crippen LogP contribution in [0.2, 0.25) is 0 Å². The molecule has 0 saturated carbocycles. The summed E-state index contributed by atoms with van der Waals surface area (Å²) in [6.45, 7) is 0. The molecule has 4 rings (SSSR count). The molecule has 172 valence electrons. The Kier molecular flexibility index (Phi) is 6.36. The summed E-state index contributed by atoms with van der Waals surface area (Å²) < 4.78 is 10.2. The van der Waals surface area contributed by atoms with Crippen molar-refractivity contribution < 1.29 is 29.3 Å². The Morgan fingerprint density at radius 2 is 1.32 bits per heavy atom. The molecule has 0 fully saturated rings. The van der Waals surface area contributed by atoms with Crippen molar-refractivity contribution in [3.8, 4) is 23.0 Å². The highest BCUT2D eigenvalue weighted by molar-refractivity contribution is 6.09. The first kappa shape index (κ1) is 22.7. The Morgan fingerprint density at radius 3 is 1.94 bits per heavy atom. The standard InChI is InChI=1S/C27H23NO6/c1-33-23-11-5-9-19(25(23)30)22(29)15-18-13-16-7-3-4-8-17(16)14-21(18)28-27(32)20-10-6-12-24(34-2)26(20)31/h3-14,30-31H,15H2,1-2H3,(H,28,32). The molecule has 0 radical (unpaired) electrons. The molecule has 3 N–H and O–H groups in total. The summed E-state index contributed by atoms with van der Waals surface area (Å²) >= 11 is 0. The van der Waals surface area contributed by atoms with Crippen molar-refractivity contribution in [2.45, 2.75) is 6.42 Å². The third kappa shape index (κ3) is 4.36. The van der Waals surface area contributed by atoms with E-state index in [0.29, 0.717) is 11.3 Å². The Morgan fingerprint density at radius 1 is 0.765 bits per heavy atom. The van der Waals surface area contributed by atoms with Crippen LogP contribution in [0, 0.1) is 0 Å². The highest BCUT2D eigenvalue weighted by Crippen LogP contribution is 2.33. The number of rotatable bonds is 7. The van der Waals surface area contributed by atoms with Gasteiger partial charge in [0.2, 0.25) is 0 Å². The van der Waals surface area contributed by atoms with E-state index in [2.05, 4.69) is 5.32 Å². The molecule has 1 amide bonds. The van der Waals surface area contributed by atoms with Crippen molar-refractivity contribution in [2.24, 2.45) is 0 Å². The van der Waals surface area contributed by atoms with E-state index in [0.717, 1.165) is 10.8 Å². The van der Waals surface area contributed by atoms with Crippen LogP contribution in [0.25, 0.3) is 10.8 Å². The minimum absolute atomic E-state index is 0.0372. The average Bonchev–Trinajstić information content (AvgIpc) is 2.84. The molecule has 0 aromatic heterocycles. The van der Waals surface area contributed by atoms with E-state index in [1.807, 2.05) is 30.3 Å². The van der Waals surface area contributed by atoms with E-state index in [9.17, 15) is 19.8 Å². The number of carbonyl (C=O) groups excluding carboxylic acids is 2. The van der Waals surface area contributed by atoms with Gasteiger partial charge in [0.05, 0.1) is 25.3 Å². The van der Waals surface area contributed by atoms with Crippen LogP contribution in [0.4, 0.5) is 5.69 Å². The minimum atomic E-state index is -0.551. The summed E-state index contributed by atoms with van der Waals surface area (Å²) in [5.41, 5.74) is 1.13. The molecule has 0 bridgehead atoms. The van der Waals surface area contributed by atoms with E-state index in [1.165, 1.54) is 26.4 Å². The van der Waals surface area contributed by atoms with Gasteiger partial charge in [-0.2, -0.15) is 0 Å². The lowest BCUT2D eigenvalue weighted by Gasteiger charge is -2.15. The molecule has 0 spiro atoms. The highest BCUT2D eigenvalue weighted by Gasteiger charge is 2.20. The number of ether oxygens (including phenoxy) is 2. The molecule has 0 heterocycles. The van der Waals surface area contributed by atoms with Gasteiger partial charge < -0.3 is 25.0 Å². The molecule has 4 aromatic carbocycles. The summed E-state index contributed by atoms with van der Waals surface area (Å²) in [7, 11) is 2.81. The smallest absolute Gasteiger partial charge is 0.259 e. The van der Waals surface area contributed by atoms with E-state index in [-0.39, 0.29) is 46.3 Å². The van der Waals surface area contributed by atoms with Crippen LogP contribution >= 0.6 is 0 Å². The molecular formula is C27H23NO6. The molecule has 0 saturated heterocycles. The van der Waals surface area contributed by atoms with Gasteiger partial charge >= 0.3 is 0 Å². The largest absolute Gasteiger partial charge is 0.504 e. The number of nitrogens with one attached hydrogen (secondary N) is 1. The fourth-order valence-electron chi connectivity index (χ4n) is 3.79. The molecule has 7 heteroatoms. The van der Waals surface area contributed by atoms with Gasteiger partial charge in [-0.25, -0.2) is 0 Å². The van der Waals surface area contributed by atoms with Gasteiger partial charge in [0.25, 0.3) is 5.91 Å². The number of phenolic OH excluding ortho intramolecular Hbond substituents is 2. The number of methoxy groups -OCH3 is 2. The zero-order valence-corrected chi connectivity index (χ0v) is 18.7. The Labute approximate surface area is 196 Å². The maximum atomic E-state index is 13.1. The molecule has 0 atom stereocenters. The lowest BCUT2D eigenvalue weighted by atomic mass is 9.97. The maximum Gasteiger partial charge on any atom is 0.259 e. The normalized spacial score (nSPS) is 10.6. The lowest BCUT2D eigenvalue weighted by Crippen LogP contribution is -2.15. The van der Waals surface area contributed by atoms with Crippen molar-refractivity contribution in [3.05, 3.63) is 89.5 Å². The summed E-state index contributed by atoms with van der Waals surface area (Å²) in [6.07, 6.45) is -0.0781. The second kappa shape index (κ2) is 9.54. The molecule has 4 aromatic rings. The van der Waals surface area contributed by atoms with Gasteiger partial charge in [0.15, 0.2) is 28.8 Å². The van der Waals surface area contributed by atoms with Crippen LogP contribution in [-0.2, 0) is 6.42 Å². The molecular weight excluding hydrogens is 434 g/mol. The summed E-state index contributed by atoms with van der Waals surface area (Å²) in [5.74, 6) is -1.03. The summed E-state index contributed by atoms with van der Waals surface area (Å²) in [4.78, 5) is 26.1. The Bertz CT molecular complexity index is 1290. The third-order valence-corrected chi connectivity index (χ3v) is 5.55. The number of carbonyl (C=O) groups is 2. The number of fused-ring (bicyclic) bond motifs is 1. The van der Waals surface area contributed by atoms with Crippen LogP contribution < -0.4 is 14.8 Å². The van der Waals surface area contributed by atoms with E-state index in [1.54, 1.807) is 30.3 Å². The molecule has 0 aliphatic carbocycles. The van der Waals surface area contributed by atoms with Crippen molar-refractivity contribution in [3.63, 3.8) is 0 Å². The van der Waals surface area contributed by atoms with E-state index >= 15 is 0 Å². The predicted octanol–water partition coefficient (Wildman–Crippen LogP) is 4.95. The Balaban J connectivity index is 1.72. The summed E-state index contributed by atoms with van der Waals surface area (Å²) in [6, 6.07) is 20.5. The van der Waals surface area contributed by atoms with Crippen molar-refractivity contribution in [1.29, 1.82) is 0 Å². The Hall–Kier alpha value is -4.52. The topological polar surface area (TPSA) is 105 Å². The number of amides is 1. The fourth-order valence-corrected chi connectivity index (χ4v) is 3.79. The number of phenols is 2. The first-order chi connectivity index (χ1) is 16.4. The van der Waals surface area contributed by atoms with Crippen LogP contribution in [0.15, 0.2) is 72.8 Å². The van der Waals surface area contributed by atoms with Gasteiger partial charge in [-0.05, 0) is 52.7 Å². The average molecular weight is 457 g/mol. The number of aromatic hydroxyl groups is 2. The van der Waals surface area contributed by atoms with Crippen LogP contribution in [0.3, 0.4) is 0 Å². The molecule has 0 aliphatic heterocycles. The molecule has 34 heavy (non-hydrogen) atoms. The van der Waals surface area contributed by atoms with Gasteiger partial charge in [-0.1, -0.05) is 36.4 Å². The van der Waals surface area contributed by atoms with Crippen LogP contribution in [-0.4, -0.2) is 36.1 Å². The van der Waals surface area contributed by atoms with Gasteiger partial charge in [-0.3, -0.25) is 9.59 Å². The predicted molar refractivity (Wildman–Crippen MR) is 129 cm³/mol. The van der Waals surface area contributed by atoms with Gasteiger partial charge in [-0.15, -0.1) is 0 Å². The first-order valence-corrected chi connectivity index (χ1v) is 10.5. The highest BCUT2D eigenvalue weighted by atomic mass is 16.5. The maximum absolute atomic E-state index is 13.1. The SMILES string of the molecule is COc1cccc(C(=O)Cc2cc3ccccc3cc2NC(=O)c2cccc(OC)c2O)c1O. The van der Waals surface area contributed by atoms with E-state index in [4.69, 9.17) is 9.47 Å². The molecule has 7 nitrogen and oxygen atoms in total. The third-order valence-electron chi connectivity index (χ3n) is 5.55. The second-order valence-corrected chi connectivity index (χ2v) is 7.62. The van der Waals surface area contributed by atoms with Crippen molar-refractivity contribution in [2.75, 3.05) is 19.5 Å². The van der Waals surface area contributed by atoms with Crippen molar-refractivity contribution >= 4 is 28.2 Å². The lowest BCUT2D eigenvalue weighted by molar-refractivity contribution is 0.0985. The monoisotopic (exact) mass is 457 g/mol. The van der Waals surface area contributed by atoms with E-state index < -0.39 is 5.91 Å². The number of hydrogen-bond donors (Lipinski definition) is 3. The van der Waals surface area contributed by atoms with Gasteiger partial charge in [0.1, 0.15) is 0 Å². The number of ketones is 1. The van der Waals surface area contributed by atoms with Crippen molar-refractivity contribution in [1.82, 2.24) is 0 Å². The van der Waals surface area contributed by atoms with Crippen LogP contribution in [0.5, 0.6) is 23.0 Å². The quantitative estimate of drug-likeness (QED) is 0.339. The van der Waals surface area contributed by atoms with Gasteiger partial charge in [0, 0.05) is 12.1 Å². The zero-order valence-electron chi connectivity index (χ0n) is 18.7. The number of Topliss-reactive ketones (excluding diaryl/α,β-unsaturated/α-hetero) is 1. The first-order valence-electron chi connectivity index (χ1n) is 10.5. The summed E-state index contributed by atoms with van der Waals surface area (Å²) in [5, 5.41) is 25.3. The number of para-hydroxylation sites is 2. The number of hydrogen-bond acceptors (Lipinski definition) is 6. The number of benzene rings is 4. The zero-order chi connectivity index (χ0) is 24.2.